The summed E-state index contributed by atoms with van der Waals surface area (Å²) in [6.45, 7) is -0.756. The van der Waals surface area contributed by atoms with E-state index in [0.29, 0.717) is 0 Å². The van der Waals surface area contributed by atoms with Crippen LogP contribution in [0.5, 0.6) is 0 Å². The van der Waals surface area contributed by atoms with E-state index in [1.807, 2.05) is 0 Å². The second-order valence-corrected chi connectivity index (χ2v) is 1.53. The van der Waals surface area contributed by atoms with Crippen LogP contribution in [0, 0.1) is 0 Å². The molecule has 0 aromatic rings. The van der Waals surface area contributed by atoms with Gasteiger partial charge in [-0.2, -0.15) is 0 Å². The number of aliphatic hydroxyl groups excluding tert-OH is 3. The summed E-state index contributed by atoms with van der Waals surface area (Å²) < 4.78 is 0. The van der Waals surface area contributed by atoms with Crippen molar-refractivity contribution in [3.63, 3.8) is 0 Å². The van der Waals surface area contributed by atoms with Crippen molar-refractivity contribution in [3.8, 4) is 0 Å². The second kappa shape index (κ2) is 5.16. The van der Waals surface area contributed by atoms with Crippen molar-refractivity contribution < 1.29 is 25.2 Å². The molecule has 0 aromatic heterocycles. The topological polar surface area (TPSA) is 98.0 Å². The highest BCUT2D eigenvalue weighted by Gasteiger charge is 2.21. The van der Waals surface area contributed by atoms with Crippen molar-refractivity contribution >= 4 is 5.97 Å². The minimum atomic E-state index is -1.89. The van der Waals surface area contributed by atoms with Crippen LogP contribution < -0.4 is 0 Å². The molecule has 0 aromatic carbocycles. The number of aliphatic carboxylic acids is 1. The molecule has 10 heavy (non-hydrogen) atoms. The van der Waals surface area contributed by atoms with Crippen molar-refractivity contribution in [1.82, 2.24) is 0 Å². The summed E-state index contributed by atoms with van der Waals surface area (Å²) in [7, 11) is 0. The maximum absolute atomic E-state index is 9.78. The molecule has 0 aliphatic heterocycles. The van der Waals surface area contributed by atoms with E-state index in [-0.39, 0.29) is 7.43 Å². The Morgan fingerprint density at radius 3 is 1.90 bits per heavy atom. The first-order chi connectivity index (χ1) is 4.09. The van der Waals surface area contributed by atoms with Crippen LogP contribution in [0.2, 0.25) is 0 Å². The van der Waals surface area contributed by atoms with Crippen molar-refractivity contribution in [2.75, 3.05) is 6.61 Å². The van der Waals surface area contributed by atoms with Crippen molar-refractivity contribution in [2.24, 2.45) is 0 Å². The average Bonchev–Trinajstić information content (AvgIpc) is 1.84. The Bertz CT molecular complexity index is 102. The Hall–Kier alpha value is -0.650. The van der Waals surface area contributed by atoms with Gasteiger partial charge in [-0.25, -0.2) is 4.79 Å². The van der Waals surface area contributed by atoms with E-state index in [1.165, 1.54) is 0 Å². The third-order valence-electron chi connectivity index (χ3n) is 0.805. The van der Waals surface area contributed by atoms with E-state index >= 15 is 0 Å². The molecule has 0 amide bonds. The van der Waals surface area contributed by atoms with Crippen LogP contribution in [0.3, 0.4) is 0 Å². The monoisotopic (exact) mass is 152 g/mol. The quantitative estimate of drug-likeness (QED) is 0.391. The highest BCUT2D eigenvalue weighted by Crippen LogP contribution is 1.90. The van der Waals surface area contributed by atoms with Gasteiger partial charge in [-0.1, -0.05) is 7.43 Å². The van der Waals surface area contributed by atoms with Crippen molar-refractivity contribution in [3.05, 3.63) is 0 Å². The molecule has 4 N–H and O–H groups in total. The second-order valence-electron chi connectivity index (χ2n) is 1.53. The molecule has 0 aliphatic rings. The van der Waals surface area contributed by atoms with Gasteiger partial charge in [-0.15, -0.1) is 0 Å². The summed E-state index contributed by atoms with van der Waals surface area (Å²) in [6.07, 6.45) is -3.49. The number of hydrogen-bond acceptors (Lipinski definition) is 4. The number of aliphatic hydroxyl groups is 3. The van der Waals surface area contributed by atoms with Gasteiger partial charge in [-0.05, 0) is 0 Å². The Morgan fingerprint density at radius 1 is 1.40 bits per heavy atom. The molecule has 0 fully saturated rings. The van der Waals surface area contributed by atoms with Crippen LogP contribution in [-0.2, 0) is 4.79 Å². The lowest BCUT2D eigenvalue weighted by molar-refractivity contribution is -0.154. The first kappa shape index (κ1) is 12.1. The Kier molecular flexibility index (Phi) is 6.23. The molecular formula is C5H12O5. The Labute approximate surface area is 58.5 Å². The fourth-order valence-electron chi connectivity index (χ4n) is 0.264. The predicted molar refractivity (Wildman–Crippen MR) is 33.5 cm³/mol. The zero-order chi connectivity index (χ0) is 7.44. The summed E-state index contributed by atoms with van der Waals surface area (Å²) in [5.74, 6) is -1.54. The SMILES string of the molecule is C.O=C(O)[C@H](O)[C@@H](O)CO. The van der Waals surface area contributed by atoms with Crippen LogP contribution >= 0.6 is 0 Å². The number of hydrogen-bond donors (Lipinski definition) is 4. The average molecular weight is 152 g/mol. The third kappa shape index (κ3) is 3.39. The largest absolute Gasteiger partial charge is 0.479 e. The molecule has 0 rings (SSSR count). The van der Waals surface area contributed by atoms with Gasteiger partial charge < -0.3 is 20.4 Å². The zero-order valence-corrected chi connectivity index (χ0v) is 4.56. The predicted octanol–water partition coefficient (Wildman–Crippen LogP) is -1.58. The lowest BCUT2D eigenvalue weighted by Gasteiger charge is -2.09. The van der Waals surface area contributed by atoms with Gasteiger partial charge in [0.1, 0.15) is 6.10 Å². The molecule has 0 unspecified atom stereocenters. The molecule has 0 spiro atoms. The lowest BCUT2D eigenvalue weighted by atomic mass is 10.2. The van der Waals surface area contributed by atoms with E-state index in [4.69, 9.17) is 20.4 Å². The van der Waals surface area contributed by atoms with Gasteiger partial charge in [0.15, 0.2) is 6.10 Å². The van der Waals surface area contributed by atoms with Crippen LogP contribution in [0.25, 0.3) is 0 Å². The summed E-state index contributed by atoms with van der Waals surface area (Å²) in [5, 5.41) is 32.8. The molecule has 2 atom stereocenters. The summed E-state index contributed by atoms with van der Waals surface area (Å²) in [6, 6.07) is 0. The van der Waals surface area contributed by atoms with Crippen molar-refractivity contribution in [1.29, 1.82) is 0 Å². The molecule has 0 saturated heterocycles. The van der Waals surface area contributed by atoms with Gasteiger partial charge in [0.25, 0.3) is 0 Å². The Morgan fingerprint density at radius 2 is 1.80 bits per heavy atom. The summed E-state index contributed by atoms with van der Waals surface area (Å²) >= 11 is 0. The number of carboxylic acid groups (broad SMARTS) is 1. The van der Waals surface area contributed by atoms with E-state index in [1.54, 1.807) is 0 Å². The third-order valence-corrected chi connectivity index (χ3v) is 0.805. The molecule has 0 aliphatic carbocycles. The molecule has 0 heterocycles. The molecule has 5 nitrogen and oxygen atoms in total. The molecule has 62 valence electrons. The standard InChI is InChI=1S/C4H8O5.CH4/c5-1-2(6)3(7)4(8)9;/h2-3,5-7H,1H2,(H,8,9);1H4/t2-,3+;/m0./s1. The lowest BCUT2D eigenvalue weighted by Crippen LogP contribution is -2.36. The normalized spacial score (nSPS) is 15.1. The van der Waals surface area contributed by atoms with E-state index in [2.05, 4.69) is 0 Å². The van der Waals surface area contributed by atoms with Gasteiger partial charge in [0, 0.05) is 0 Å². The Balaban J connectivity index is 0. The molecular weight excluding hydrogens is 140 g/mol. The molecule has 0 bridgehead atoms. The maximum atomic E-state index is 9.78. The molecule has 5 heteroatoms. The minimum absolute atomic E-state index is 0. The number of rotatable bonds is 3. The van der Waals surface area contributed by atoms with E-state index in [0.717, 1.165) is 0 Å². The van der Waals surface area contributed by atoms with Crippen LogP contribution in [0.4, 0.5) is 0 Å². The first-order valence-electron chi connectivity index (χ1n) is 2.29. The van der Waals surface area contributed by atoms with Crippen LogP contribution in [-0.4, -0.2) is 45.2 Å². The van der Waals surface area contributed by atoms with Gasteiger partial charge in [0.05, 0.1) is 6.61 Å². The molecule has 0 saturated carbocycles. The molecule has 0 radical (unpaired) electrons. The minimum Gasteiger partial charge on any atom is -0.479 e. The van der Waals surface area contributed by atoms with Gasteiger partial charge in [-0.3, -0.25) is 0 Å². The smallest absolute Gasteiger partial charge is 0.335 e. The first-order valence-corrected chi connectivity index (χ1v) is 2.29. The highest BCUT2D eigenvalue weighted by molar-refractivity contribution is 5.72. The van der Waals surface area contributed by atoms with E-state index in [9.17, 15) is 4.79 Å². The van der Waals surface area contributed by atoms with Crippen LogP contribution in [0.1, 0.15) is 7.43 Å². The fourth-order valence-corrected chi connectivity index (χ4v) is 0.264. The maximum Gasteiger partial charge on any atom is 0.335 e. The van der Waals surface area contributed by atoms with Crippen molar-refractivity contribution in [2.45, 2.75) is 19.6 Å². The summed E-state index contributed by atoms with van der Waals surface area (Å²) in [4.78, 5) is 9.78. The fraction of sp³-hybridized carbons (Fsp3) is 0.800. The van der Waals surface area contributed by atoms with Gasteiger partial charge >= 0.3 is 5.97 Å². The number of carboxylic acids is 1. The summed E-state index contributed by atoms with van der Waals surface area (Å²) in [5.41, 5.74) is 0. The van der Waals surface area contributed by atoms with Crippen LogP contribution in [0.15, 0.2) is 0 Å². The highest BCUT2D eigenvalue weighted by atomic mass is 16.4. The number of carbonyl (C=O) groups is 1. The van der Waals surface area contributed by atoms with Gasteiger partial charge in [0.2, 0.25) is 0 Å². The van der Waals surface area contributed by atoms with E-state index < -0.39 is 24.8 Å². The zero-order valence-electron chi connectivity index (χ0n) is 4.56.